The zero-order valence-corrected chi connectivity index (χ0v) is 15.6. The molecule has 1 saturated heterocycles. The molecule has 2 aromatic heterocycles. The highest BCUT2D eigenvalue weighted by molar-refractivity contribution is 5.95. The molecular formula is C21H20N4O3. The van der Waals surface area contributed by atoms with Crippen LogP contribution in [0.3, 0.4) is 0 Å². The van der Waals surface area contributed by atoms with Gasteiger partial charge in [-0.1, -0.05) is 22.9 Å². The molecule has 3 aromatic rings. The number of aromatic nitrogens is 2. The van der Waals surface area contributed by atoms with Crippen LogP contribution in [0.1, 0.15) is 21.6 Å². The Morgan fingerprint density at radius 2 is 1.96 bits per heavy atom. The number of hydrogen-bond acceptors (Lipinski definition) is 6. The van der Waals surface area contributed by atoms with Crippen LogP contribution in [0.15, 0.2) is 47.1 Å². The molecule has 1 fully saturated rings. The van der Waals surface area contributed by atoms with Gasteiger partial charge in [0.05, 0.1) is 11.1 Å². The Hall–Kier alpha value is -3.35. The third-order valence-corrected chi connectivity index (χ3v) is 5.28. The van der Waals surface area contributed by atoms with E-state index in [9.17, 15) is 4.79 Å². The highest BCUT2D eigenvalue weighted by Crippen LogP contribution is 2.39. The number of ether oxygens (including phenoxy) is 1. The minimum Gasteiger partial charge on any atom is -0.488 e. The first kappa shape index (κ1) is 16.8. The maximum Gasteiger partial charge on any atom is 0.276 e. The summed E-state index contributed by atoms with van der Waals surface area (Å²) in [5, 5.41) is 4.11. The van der Waals surface area contributed by atoms with Crippen LogP contribution in [-0.2, 0) is 6.61 Å². The van der Waals surface area contributed by atoms with Crippen molar-refractivity contribution in [1.82, 2.24) is 15.0 Å². The highest BCUT2D eigenvalue weighted by Gasteiger charge is 2.32. The van der Waals surface area contributed by atoms with E-state index in [1.54, 1.807) is 6.20 Å². The number of carbonyl (C=O) groups excluding carboxylic acids is 1. The first-order chi connectivity index (χ1) is 13.7. The molecule has 0 unspecified atom stereocenters. The molecule has 0 N–H and O–H groups in total. The van der Waals surface area contributed by atoms with Gasteiger partial charge in [-0.15, -0.1) is 0 Å². The van der Waals surface area contributed by atoms with E-state index in [-0.39, 0.29) is 5.91 Å². The smallest absolute Gasteiger partial charge is 0.276 e. The number of carbonyl (C=O) groups is 1. The summed E-state index contributed by atoms with van der Waals surface area (Å²) in [5.74, 6) is 2.23. The molecule has 142 valence electrons. The fourth-order valence-corrected chi connectivity index (χ4v) is 3.75. The molecular weight excluding hydrogens is 356 g/mol. The molecule has 2 aliphatic rings. The van der Waals surface area contributed by atoms with Crippen LogP contribution in [0.5, 0.6) is 5.75 Å². The van der Waals surface area contributed by atoms with Gasteiger partial charge in [-0.3, -0.25) is 4.79 Å². The summed E-state index contributed by atoms with van der Waals surface area (Å²) in [4.78, 5) is 21.5. The molecule has 28 heavy (non-hydrogen) atoms. The van der Waals surface area contributed by atoms with E-state index in [0.717, 1.165) is 41.3 Å². The number of anilines is 1. The molecule has 4 heterocycles. The summed E-state index contributed by atoms with van der Waals surface area (Å²) in [6, 6.07) is 11.8. The molecule has 0 atom stereocenters. The lowest BCUT2D eigenvalue weighted by Crippen LogP contribution is -2.49. The van der Waals surface area contributed by atoms with Crippen molar-refractivity contribution in [3.05, 3.63) is 59.4 Å². The maximum atomic E-state index is 13.1. The standard InChI is InChI=1S/C21H20N4O3/c1-14-5-6-17-15(12-14)20-16(13-27-17)19(23-28-20)21(26)25-10-8-24(9-11-25)18-4-2-3-7-22-18/h2-7,12H,8-11,13H2,1H3. The minimum absolute atomic E-state index is 0.106. The zero-order chi connectivity index (χ0) is 19.1. The van der Waals surface area contributed by atoms with Crippen LogP contribution in [0, 0.1) is 6.92 Å². The molecule has 0 aliphatic carbocycles. The predicted octanol–water partition coefficient (Wildman–Crippen LogP) is 2.90. The molecule has 1 aromatic carbocycles. The average Bonchev–Trinajstić information content (AvgIpc) is 3.18. The fourth-order valence-electron chi connectivity index (χ4n) is 3.75. The Morgan fingerprint density at radius 1 is 1.11 bits per heavy atom. The molecule has 7 heteroatoms. The quantitative estimate of drug-likeness (QED) is 0.685. The molecule has 0 spiro atoms. The molecule has 5 rings (SSSR count). The first-order valence-electron chi connectivity index (χ1n) is 9.38. The number of hydrogen-bond donors (Lipinski definition) is 0. The third kappa shape index (κ3) is 2.79. The van der Waals surface area contributed by atoms with E-state index in [4.69, 9.17) is 9.26 Å². The normalized spacial score (nSPS) is 15.6. The summed E-state index contributed by atoms with van der Waals surface area (Å²) >= 11 is 0. The molecule has 7 nitrogen and oxygen atoms in total. The minimum atomic E-state index is -0.106. The van der Waals surface area contributed by atoms with Gasteiger partial charge in [-0.2, -0.15) is 0 Å². The number of amides is 1. The van der Waals surface area contributed by atoms with Crippen molar-refractivity contribution < 1.29 is 14.1 Å². The lowest BCUT2D eigenvalue weighted by atomic mass is 10.0. The van der Waals surface area contributed by atoms with Gasteiger partial charge in [0.25, 0.3) is 5.91 Å². The number of benzene rings is 1. The van der Waals surface area contributed by atoms with E-state index in [1.165, 1.54) is 0 Å². The van der Waals surface area contributed by atoms with E-state index < -0.39 is 0 Å². The number of aryl methyl sites for hydroxylation is 1. The number of rotatable bonds is 2. The van der Waals surface area contributed by atoms with Gasteiger partial charge in [-0.25, -0.2) is 4.98 Å². The predicted molar refractivity (Wildman–Crippen MR) is 103 cm³/mol. The summed E-state index contributed by atoms with van der Waals surface area (Å²) in [7, 11) is 0. The SMILES string of the molecule is Cc1ccc2c(c1)-c1onc(C(=O)N3CCN(c4ccccn4)CC3)c1CO2. The van der Waals surface area contributed by atoms with Gasteiger partial charge in [0, 0.05) is 32.4 Å². The lowest BCUT2D eigenvalue weighted by Gasteiger charge is -2.35. The average molecular weight is 376 g/mol. The van der Waals surface area contributed by atoms with E-state index in [1.807, 2.05) is 48.2 Å². The topological polar surface area (TPSA) is 71.7 Å². The number of nitrogens with zero attached hydrogens (tertiary/aromatic N) is 4. The maximum absolute atomic E-state index is 13.1. The monoisotopic (exact) mass is 376 g/mol. The Kier molecular flexibility index (Phi) is 4.00. The van der Waals surface area contributed by atoms with Gasteiger partial charge in [-0.05, 0) is 31.2 Å². The highest BCUT2D eigenvalue weighted by atomic mass is 16.5. The Balaban J connectivity index is 1.35. The van der Waals surface area contributed by atoms with Gasteiger partial charge in [0.15, 0.2) is 11.5 Å². The van der Waals surface area contributed by atoms with Crippen LogP contribution in [-0.4, -0.2) is 47.1 Å². The van der Waals surface area contributed by atoms with Crippen LogP contribution >= 0.6 is 0 Å². The molecule has 0 saturated carbocycles. The zero-order valence-electron chi connectivity index (χ0n) is 15.6. The summed E-state index contributed by atoms with van der Waals surface area (Å²) in [6.07, 6.45) is 1.79. The van der Waals surface area contributed by atoms with Crippen molar-refractivity contribution in [2.75, 3.05) is 31.1 Å². The van der Waals surface area contributed by atoms with Crippen LogP contribution in [0.4, 0.5) is 5.82 Å². The summed E-state index contributed by atoms with van der Waals surface area (Å²) < 4.78 is 11.4. The lowest BCUT2D eigenvalue weighted by molar-refractivity contribution is 0.0734. The number of fused-ring (bicyclic) bond motifs is 3. The van der Waals surface area contributed by atoms with Gasteiger partial charge in [0.2, 0.25) is 0 Å². The van der Waals surface area contributed by atoms with Crippen molar-refractivity contribution >= 4 is 11.7 Å². The van der Waals surface area contributed by atoms with E-state index in [2.05, 4.69) is 15.0 Å². The van der Waals surface area contributed by atoms with Crippen LogP contribution in [0.2, 0.25) is 0 Å². The van der Waals surface area contributed by atoms with Crippen molar-refractivity contribution in [2.24, 2.45) is 0 Å². The summed E-state index contributed by atoms with van der Waals surface area (Å²) in [6.45, 7) is 5.02. The van der Waals surface area contributed by atoms with Crippen LogP contribution in [0.25, 0.3) is 11.3 Å². The number of pyridine rings is 1. The molecule has 2 aliphatic heterocycles. The van der Waals surface area contributed by atoms with Crippen molar-refractivity contribution in [2.45, 2.75) is 13.5 Å². The Bertz CT molecular complexity index is 1020. The second-order valence-electron chi connectivity index (χ2n) is 7.09. The number of piperazine rings is 1. The van der Waals surface area contributed by atoms with E-state index in [0.29, 0.717) is 31.2 Å². The largest absolute Gasteiger partial charge is 0.488 e. The van der Waals surface area contributed by atoms with E-state index >= 15 is 0 Å². The molecule has 0 radical (unpaired) electrons. The van der Waals surface area contributed by atoms with Crippen molar-refractivity contribution in [1.29, 1.82) is 0 Å². The van der Waals surface area contributed by atoms with Crippen molar-refractivity contribution in [3.63, 3.8) is 0 Å². The van der Waals surface area contributed by atoms with Gasteiger partial charge in [0.1, 0.15) is 18.2 Å². The van der Waals surface area contributed by atoms with Crippen LogP contribution < -0.4 is 9.64 Å². The van der Waals surface area contributed by atoms with Crippen molar-refractivity contribution in [3.8, 4) is 17.1 Å². The Labute approximate surface area is 162 Å². The molecule has 1 amide bonds. The fraction of sp³-hybridized carbons (Fsp3) is 0.286. The third-order valence-electron chi connectivity index (χ3n) is 5.28. The second-order valence-corrected chi connectivity index (χ2v) is 7.09. The molecule has 0 bridgehead atoms. The second kappa shape index (κ2) is 6.67. The summed E-state index contributed by atoms with van der Waals surface area (Å²) in [5.41, 5.74) is 3.04. The van der Waals surface area contributed by atoms with Gasteiger partial charge < -0.3 is 19.1 Å². The van der Waals surface area contributed by atoms with Gasteiger partial charge >= 0.3 is 0 Å². The Morgan fingerprint density at radius 3 is 2.75 bits per heavy atom. The first-order valence-corrected chi connectivity index (χ1v) is 9.38.